The van der Waals surface area contributed by atoms with Gasteiger partial charge in [0.25, 0.3) is 0 Å². The van der Waals surface area contributed by atoms with Gasteiger partial charge in [0.1, 0.15) is 17.3 Å². The Hall–Kier alpha value is -2.53. The van der Waals surface area contributed by atoms with Crippen LogP contribution in [0.15, 0.2) is 30.3 Å². The highest BCUT2D eigenvalue weighted by atomic mass is 27.2. The van der Waals surface area contributed by atoms with Gasteiger partial charge in [-0.3, -0.25) is 0 Å². The molecular formula is C19H8AlF12N2O2. The van der Waals surface area contributed by atoms with E-state index in [0.717, 1.165) is 0 Å². The number of nitriles is 1. The van der Waals surface area contributed by atoms with Crippen LogP contribution in [-0.2, 0) is 32.3 Å². The third kappa shape index (κ3) is 6.06. The van der Waals surface area contributed by atoms with E-state index in [2.05, 4.69) is 4.98 Å². The second kappa shape index (κ2) is 9.41. The Bertz CT molecular complexity index is 1020. The average molecular weight is 551 g/mol. The minimum absolute atomic E-state index is 0.152. The standard InChI is InChI=1S/C19H8F12N2O2.Al/c20-16(21,22)9-1-7(2-10(5-9)17(23,24)25)14(34)11(6-32)15(35)8-3-12(18(26,27)28)33-13(4-8)19(29,30)31;/h1-5,11,14-15H;/q-2;+2. The highest BCUT2D eigenvalue weighted by Gasteiger charge is 2.44. The Morgan fingerprint density at radius 1 is 0.639 bits per heavy atom. The molecule has 193 valence electrons. The van der Waals surface area contributed by atoms with E-state index in [1.807, 2.05) is 0 Å². The van der Waals surface area contributed by atoms with Crippen molar-refractivity contribution in [2.75, 3.05) is 0 Å². The average Bonchev–Trinajstić information content (AvgIpc) is 2.75. The van der Waals surface area contributed by atoms with Crippen molar-refractivity contribution in [1.29, 1.82) is 5.26 Å². The molecule has 0 N–H and O–H groups in total. The van der Waals surface area contributed by atoms with Crippen molar-refractivity contribution in [1.82, 2.24) is 4.98 Å². The highest BCUT2D eigenvalue weighted by molar-refractivity contribution is 6.18. The topological polar surface area (TPSA) is 55.1 Å². The number of alkyl halides is 12. The normalized spacial score (nSPS) is 21.6. The van der Waals surface area contributed by atoms with Crippen LogP contribution in [0.1, 0.15) is 45.8 Å². The zero-order chi connectivity index (χ0) is 27.3. The number of benzene rings is 1. The Balaban J connectivity index is 2.15. The molecule has 0 spiro atoms. The molecule has 0 amide bonds. The lowest BCUT2D eigenvalue weighted by atomic mass is 9.86. The molecule has 1 aliphatic rings. The van der Waals surface area contributed by atoms with Crippen molar-refractivity contribution in [2.24, 2.45) is 5.92 Å². The van der Waals surface area contributed by atoms with Crippen LogP contribution < -0.4 is 0 Å². The van der Waals surface area contributed by atoms with Gasteiger partial charge >= 0.3 is 40.6 Å². The second-order valence-corrected chi connectivity index (χ2v) is 8.11. The lowest BCUT2D eigenvalue weighted by Crippen LogP contribution is -2.33. The molecule has 1 aromatic heterocycles. The molecule has 36 heavy (non-hydrogen) atoms. The van der Waals surface area contributed by atoms with Crippen LogP contribution in [0.25, 0.3) is 0 Å². The quantitative estimate of drug-likeness (QED) is 0.310. The molecule has 4 nitrogen and oxygen atoms in total. The van der Waals surface area contributed by atoms with E-state index in [4.69, 9.17) is 7.58 Å². The van der Waals surface area contributed by atoms with Gasteiger partial charge in [-0.25, -0.2) is 4.98 Å². The lowest BCUT2D eigenvalue weighted by Gasteiger charge is -2.36. The molecule has 17 heteroatoms. The number of halogens is 12. The van der Waals surface area contributed by atoms with Crippen LogP contribution in [0, 0.1) is 17.2 Å². The van der Waals surface area contributed by atoms with E-state index in [1.165, 1.54) is 6.07 Å². The van der Waals surface area contributed by atoms with Crippen molar-refractivity contribution >= 4 is 15.9 Å². The van der Waals surface area contributed by atoms with Crippen molar-refractivity contribution in [3.8, 4) is 6.07 Å². The summed E-state index contributed by atoms with van der Waals surface area (Å²) >= 11 is -1.83. The summed E-state index contributed by atoms with van der Waals surface area (Å²) in [5, 5.41) is 9.57. The van der Waals surface area contributed by atoms with Crippen molar-refractivity contribution in [2.45, 2.75) is 36.9 Å². The summed E-state index contributed by atoms with van der Waals surface area (Å²) in [6, 6.07) is 2.07. The van der Waals surface area contributed by atoms with Gasteiger partial charge in [-0.05, 0) is 41.5 Å². The van der Waals surface area contributed by atoms with Gasteiger partial charge in [-0.1, -0.05) is 0 Å². The number of aromatic nitrogens is 1. The summed E-state index contributed by atoms with van der Waals surface area (Å²) < 4.78 is 169. The fourth-order valence-electron chi connectivity index (χ4n) is 3.34. The first-order valence-corrected chi connectivity index (χ1v) is 10.2. The fourth-order valence-corrected chi connectivity index (χ4v) is 4.29. The molecule has 1 saturated heterocycles. The molecule has 1 radical (unpaired) electrons. The molecule has 0 bridgehead atoms. The SMILES string of the molecule is N#CC1C(c2cc(C(F)(F)F)cc(C(F)(F)F)c2)[O][Al][O]C1c1cc(C(F)(F)F)nc(C(F)(F)F)c1. The Kier molecular flexibility index (Phi) is 7.33. The minimum atomic E-state index is -5.36. The smallest absolute Gasteiger partial charge is 0.477 e. The van der Waals surface area contributed by atoms with E-state index in [1.54, 1.807) is 0 Å². The summed E-state index contributed by atoms with van der Waals surface area (Å²) in [5.41, 5.74) is -9.18. The van der Waals surface area contributed by atoms with Gasteiger partial charge in [0.05, 0.1) is 29.4 Å². The first kappa shape index (κ1) is 28.1. The highest BCUT2D eigenvalue weighted by Crippen LogP contribution is 2.45. The first-order chi connectivity index (χ1) is 16.3. The second-order valence-electron chi connectivity index (χ2n) is 7.37. The summed E-state index contributed by atoms with van der Waals surface area (Å²) in [7, 11) is 0. The van der Waals surface area contributed by atoms with Crippen molar-refractivity contribution < 1.29 is 60.3 Å². The molecular weight excluding hydrogens is 543 g/mol. The first-order valence-electron chi connectivity index (χ1n) is 9.30. The predicted molar refractivity (Wildman–Crippen MR) is 93.2 cm³/mol. The van der Waals surface area contributed by atoms with Crippen LogP contribution >= 0.6 is 0 Å². The van der Waals surface area contributed by atoms with Gasteiger partial charge in [0.15, 0.2) is 0 Å². The Labute approximate surface area is 199 Å². The number of pyridine rings is 1. The molecule has 1 aromatic carbocycles. The van der Waals surface area contributed by atoms with Crippen LogP contribution in [0.2, 0.25) is 0 Å². The predicted octanol–water partition coefficient (Wildman–Crippen LogP) is 6.66. The van der Waals surface area contributed by atoms with Crippen molar-refractivity contribution in [3.63, 3.8) is 0 Å². The van der Waals surface area contributed by atoms with Crippen LogP contribution in [-0.4, -0.2) is 20.9 Å². The maximum atomic E-state index is 13.2. The summed E-state index contributed by atoms with van der Waals surface area (Å²) in [5.74, 6) is -1.93. The van der Waals surface area contributed by atoms with Crippen molar-refractivity contribution in [3.05, 3.63) is 64.0 Å². The van der Waals surface area contributed by atoms with E-state index in [9.17, 15) is 57.9 Å². The molecule has 3 atom stereocenters. The fraction of sp³-hybridized carbons (Fsp3) is 0.368. The van der Waals surface area contributed by atoms with Gasteiger partial charge in [0.2, 0.25) is 0 Å². The van der Waals surface area contributed by atoms with E-state index in [-0.39, 0.29) is 30.3 Å². The molecule has 1 aliphatic heterocycles. The number of rotatable bonds is 2. The van der Waals surface area contributed by atoms with Gasteiger partial charge in [0, 0.05) is 0 Å². The van der Waals surface area contributed by atoms with E-state index >= 15 is 0 Å². The molecule has 2 aromatic rings. The number of nitrogens with zero attached hydrogens (tertiary/aromatic N) is 2. The number of hydrogen-bond acceptors (Lipinski definition) is 4. The number of hydrogen-bond donors (Lipinski definition) is 0. The van der Waals surface area contributed by atoms with Crippen LogP contribution in [0.3, 0.4) is 0 Å². The summed E-state index contributed by atoms with van der Waals surface area (Å²) in [4.78, 5) is 2.51. The lowest BCUT2D eigenvalue weighted by molar-refractivity contribution is -0.150. The monoisotopic (exact) mass is 551 g/mol. The Morgan fingerprint density at radius 2 is 1.03 bits per heavy atom. The summed E-state index contributed by atoms with van der Waals surface area (Å²) in [6.07, 6.45) is -25.1. The zero-order valence-corrected chi connectivity index (χ0v) is 18.1. The molecule has 3 rings (SSSR count). The Morgan fingerprint density at radius 3 is 1.36 bits per heavy atom. The van der Waals surface area contributed by atoms with Gasteiger partial charge in [-0.15, -0.1) is 0 Å². The summed E-state index contributed by atoms with van der Waals surface area (Å²) in [6.45, 7) is 0. The zero-order valence-electron chi connectivity index (χ0n) is 16.9. The van der Waals surface area contributed by atoms with Gasteiger partial charge < -0.3 is 7.58 Å². The molecule has 0 saturated carbocycles. The van der Waals surface area contributed by atoms with Crippen LogP contribution in [0.5, 0.6) is 0 Å². The molecule has 1 fully saturated rings. The maximum Gasteiger partial charge on any atom is 0.669 e. The van der Waals surface area contributed by atoms with E-state index in [0.29, 0.717) is 0 Å². The van der Waals surface area contributed by atoms with Crippen LogP contribution in [0.4, 0.5) is 52.7 Å². The minimum Gasteiger partial charge on any atom is -0.477 e. The molecule has 3 unspecified atom stereocenters. The third-order valence-corrected chi connectivity index (χ3v) is 5.71. The largest absolute Gasteiger partial charge is 0.669 e. The molecule has 0 aliphatic carbocycles. The molecule has 2 heterocycles. The maximum absolute atomic E-state index is 13.2. The van der Waals surface area contributed by atoms with Gasteiger partial charge in [-0.2, -0.15) is 57.9 Å². The third-order valence-electron chi connectivity index (χ3n) is 4.90. The van der Waals surface area contributed by atoms with E-state index < -0.39 is 92.4 Å².